The van der Waals surface area contributed by atoms with Gasteiger partial charge in [-0.2, -0.15) is 11.8 Å². The third-order valence-electron chi connectivity index (χ3n) is 4.39. The molecule has 2 atom stereocenters. The number of rotatable bonds is 3. The number of aromatic nitrogens is 1. The summed E-state index contributed by atoms with van der Waals surface area (Å²) in [7, 11) is 0. The van der Waals surface area contributed by atoms with Gasteiger partial charge in [0.1, 0.15) is 0 Å². The number of nitrogens with zero attached hydrogens (tertiary/aromatic N) is 1. The van der Waals surface area contributed by atoms with Crippen LogP contribution in [0.3, 0.4) is 0 Å². The summed E-state index contributed by atoms with van der Waals surface area (Å²) in [6.45, 7) is 2.02. The largest absolute Gasteiger partial charge is 0.398 e. The average Bonchev–Trinajstić information content (AvgIpc) is 2.50. The third kappa shape index (κ3) is 3.10. The van der Waals surface area contributed by atoms with E-state index in [9.17, 15) is 0 Å². The molecule has 4 heteroatoms. The zero-order valence-corrected chi connectivity index (χ0v) is 13.5. The van der Waals surface area contributed by atoms with Crippen molar-refractivity contribution in [3.05, 3.63) is 30.1 Å². The second-order valence-corrected chi connectivity index (χ2v) is 7.08. The molecule has 0 saturated heterocycles. The molecule has 21 heavy (non-hydrogen) atoms. The Kier molecular flexibility index (Phi) is 4.24. The fourth-order valence-electron chi connectivity index (χ4n) is 3.20. The molecular weight excluding hydrogens is 278 g/mol. The van der Waals surface area contributed by atoms with Gasteiger partial charge in [-0.15, -0.1) is 0 Å². The van der Waals surface area contributed by atoms with E-state index in [0.717, 1.165) is 22.0 Å². The van der Waals surface area contributed by atoms with E-state index in [-0.39, 0.29) is 0 Å². The molecule has 1 fully saturated rings. The Morgan fingerprint density at radius 1 is 1.29 bits per heavy atom. The molecule has 0 radical (unpaired) electrons. The maximum Gasteiger partial charge on any atom is 0.0424 e. The van der Waals surface area contributed by atoms with Crippen LogP contribution in [0.4, 0.5) is 11.4 Å². The lowest BCUT2D eigenvalue weighted by Gasteiger charge is -2.30. The van der Waals surface area contributed by atoms with E-state index in [1.54, 1.807) is 0 Å². The van der Waals surface area contributed by atoms with Crippen molar-refractivity contribution in [2.45, 2.75) is 43.9 Å². The lowest BCUT2D eigenvalue weighted by Crippen LogP contribution is -2.28. The Balaban J connectivity index is 1.90. The fourth-order valence-corrected chi connectivity index (χ4v) is 4.03. The second-order valence-electron chi connectivity index (χ2n) is 5.94. The van der Waals surface area contributed by atoms with Gasteiger partial charge in [-0.25, -0.2) is 0 Å². The summed E-state index contributed by atoms with van der Waals surface area (Å²) in [5.74, 6) is 0. The van der Waals surface area contributed by atoms with E-state index in [1.165, 1.54) is 36.8 Å². The second kappa shape index (κ2) is 6.14. The van der Waals surface area contributed by atoms with Crippen LogP contribution in [0.2, 0.25) is 0 Å². The molecule has 2 aromatic rings. The third-order valence-corrected chi connectivity index (χ3v) is 5.49. The zero-order chi connectivity index (χ0) is 14.8. The Hall–Kier alpha value is -1.42. The molecule has 3 rings (SSSR count). The number of nitrogen functional groups attached to an aromatic ring is 1. The van der Waals surface area contributed by atoms with Crippen molar-refractivity contribution in [1.82, 2.24) is 4.98 Å². The van der Waals surface area contributed by atoms with Gasteiger partial charge < -0.3 is 11.1 Å². The van der Waals surface area contributed by atoms with E-state index in [2.05, 4.69) is 28.7 Å². The minimum absolute atomic E-state index is 0.566. The van der Waals surface area contributed by atoms with Gasteiger partial charge in [0.2, 0.25) is 0 Å². The van der Waals surface area contributed by atoms with Crippen molar-refractivity contribution in [3.8, 4) is 0 Å². The van der Waals surface area contributed by atoms with Crippen LogP contribution in [0.1, 0.15) is 31.4 Å². The van der Waals surface area contributed by atoms with E-state index in [4.69, 9.17) is 5.73 Å². The van der Waals surface area contributed by atoms with Gasteiger partial charge in [-0.05, 0) is 50.6 Å². The Bertz CT molecular complexity index is 641. The number of thioether (sulfide) groups is 1. The molecule has 0 spiro atoms. The first kappa shape index (κ1) is 14.5. The number of nitrogens with one attached hydrogen (secondary N) is 1. The SMILES string of the molecule is CSC1CCCC(Nc2ccc(N)c3cnc(C)cc23)C1. The maximum absolute atomic E-state index is 6.08. The summed E-state index contributed by atoms with van der Waals surface area (Å²) in [5, 5.41) is 6.77. The number of anilines is 2. The summed E-state index contributed by atoms with van der Waals surface area (Å²) in [6, 6.07) is 6.79. The molecule has 1 aliphatic carbocycles. The van der Waals surface area contributed by atoms with Gasteiger partial charge in [0, 0.05) is 45.3 Å². The molecular formula is C17H23N3S. The highest BCUT2D eigenvalue weighted by molar-refractivity contribution is 7.99. The Morgan fingerprint density at radius 2 is 2.14 bits per heavy atom. The van der Waals surface area contributed by atoms with Gasteiger partial charge in [0.05, 0.1) is 0 Å². The zero-order valence-electron chi connectivity index (χ0n) is 12.7. The molecule has 2 unspecified atom stereocenters. The molecule has 0 bridgehead atoms. The van der Waals surface area contributed by atoms with Crippen molar-refractivity contribution in [1.29, 1.82) is 0 Å². The summed E-state index contributed by atoms with van der Waals surface area (Å²) in [4.78, 5) is 4.37. The molecule has 1 aromatic carbocycles. The number of pyridine rings is 1. The average molecular weight is 301 g/mol. The highest BCUT2D eigenvalue weighted by Gasteiger charge is 2.21. The predicted molar refractivity (Wildman–Crippen MR) is 94.1 cm³/mol. The Labute approximate surface area is 130 Å². The van der Waals surface area contributed by atoms with Crippen molar-refractivity contribution in [2.24, 2.45) is 0 Å². The number of aryl methyl sites for hydroxylation is 1. The van der Waals surface area contributed by atoms with Crippen molar-refractivity contribution in [2.75, 3.05) is 17.3 Å². The van der Waals surface area contributed by atoms with E-state index in [1.807, 2.05) is 30.9 Å². The highest BCUT2D eigenvalue weighted by Crippen LogP contribution is 2.33. The maximum atomic E-state index is 6.08. The molecule has 0 amide bonds. The van der Waals surface area contributed by atoms with Gasteiger partial charge in [0.25, 0.3) is 0 Å². The lowest BCUT2D eigenvalue weighted by atomic mass is 9.94. The van der Waals surface area contributed by atoms with Crippen LogP contribution < -0.4 is 11.1 Å². The molecule has 1 heterocycles. The topological polar surface area (TPSA) is 50.9 Å². The van der Waals surface area contributed by atoms with Crippen LogP contribution in [0.5, 0.6) is 0 Å². The quantitative estimate of drug-likeness (QED) is 0.834. The minimum Gasteiger partial charge on any atom is -0.398 e. The number of benzene rings is 1. The highest BCUT2D eigenvalue weighted by atomic mass is 32.2. The van der Waals surface area contributed by atoms with E-state index < -0.39 is 0 Å². The van der Waals surface area contributed by atoms with Crippen LogP contribution in [0.25, 0.3) is 10.8 Å². The lowest BCUT2D eigenvalue weighted by molar-refractivity contribution is 0.474. The van der Waals surface area contributed by atoms with Crippen LogP contribution >= 0.6 is 11.8 Å². The summed E-state index contributed by atoms with van der Waals surface area (Å²) < 4.78 is 0. The normalized spacial score (nSPS) is 22.4. The van der Waals surface area contributed by atoms with Gasteiger partial charge >= 0.3 is 0 Å². The van der Waals surface area contributed by atoms with Crippen LogP contribution in [0, 0.1) is 6.92 Å². The number of hydrogen-bond donors (Lipinski definition) is 2. The van der Waals surface area contributed by atoms with E-state index in [0.29, 0.717) is 6.04 Å². The molecule has 3 nitrogen and oxygen atoms in total. The van der Waals surface area contributed by atoms with Gasteiger partial charge in [-0.3, -0.25) is 4.98 Å². The summed E-state index contributed by atoms with van der Waals surface area (Å²) >= 11 is 2.00. The first-order chi connectivity index (χ1) is 10.2. The monoisotopic (exact) mass is 301 g/mol. The molecule has 3 N–H and O–H groups in total. The first-order valence-electron chi connectivity index (χ1n) is 7.61. The van der Waals surface area contributed by atoms with Gasteiger partial charge in [-0.1, -0.05) is 6.42 Å². The van der Waals surface area contributed by atoms with E-state index >= 15 is 0 Å². The van der Waals surface area contributed by atoms with Crippen LogP contribution in [-0.4, -0.2) is 22.5 Å². The molecule has 1 aliphatic rings. The van der Waals surface area contributed by atoms with Crippen LogP contribution in [-0.2, 0) is 0 Å². The number of nitrogens with two attached hydrogens (primary N) is 1. The van der Waals surface area contributed by atoms with Crippen LogP contribution in [0.15, 0.2) is 24.4 Å². The van der Waals surface area contributed by atoms with Crippen molar-refractivity contribution >= 4 is 33.9 Å². The molecule has 1 saturated carbocycles. The predicted octanol–water partition coefficient (Wildman–Crippen LogP) is 4.21. The number of fused-ring (bicyclic) bond motifs is 1. The van der Waals surface area contributed by atoms with Crippen molar-refractivity contribution in [3.63, 3.8) is 0 Å². The van der Waals surface area contributed by atoms with Gasteiger partial charge in [0.15, 0.2) is 0 Å². The molecule has 112 valence electrons. The fraction of sp³-hybridized carbons (Fsp3) is 0.471. The standard InChI is InChI=1S/C17H23N3S/c1-11-8-14-15(10-19-11)16(18)6-7-17(14)20-12-4-3-5-13(9-12)21-2/h6-8,10,12-13,20H,3-5,9,18H2,1-2H3. The minimum atomic E-state index is 0.566. The summed E-state index contributed by atoms with van der Waals surface area (Å²) in [6.07, 6.45) is 9.28. The van der Waals surface area contributed by atoms with Crippen molar-refractivity contribution < 1.29 is 0 Å². The molecule has 1 aromatic heterocycles. The smallest absolute Gasteiger partial charge is 0.0424 e. The first-order valence-corrected chi connectivity index (χ1v) is 8.90. The molecule has 0 aliphatic heterocycles. The number of hydrogen-bond acceptors (Lipinski definition) is 4. The summed E-state index contributed by atoms with van der Waals surface area (Å²) in [5.41, 5.74) is 9.10. The Morgan fingerprint density at radius 3 is 2.95 bits per heavy atom.